The minimum atomic E-state index is 0.723. The van der Waals surface area contributed by atoms with Gasteiger partial charge in [0.1, 0.15) is 12.4 Å². The van der Waals surface area contributed by atoms with Crippen molar-refractivity contribution >= 4 is 0 Å². The third kappa shape index (κ3) is 3.49. The minimum absolute atomic E-state index is 0.723. The molecule has 1 aromatic carbocycles. The van der Waals surface area contributed by atoms with Gasteiger partial charge in [0.05, 0.1) is 0 Å². The number of aryl methyl sites for hydroxylation is 2. The average molecular weight is 247 g/mol. The Balaban J connectivity index is 1.82. The van der Waals surface area contributed by atoms with E-state index in [0.717, 1.165) is 24.9 Å². The van der Waals surface area contributed by atoms with Gasteiger partial charge in [-0.25, -0.2) is 0 Å². The maximum Gasteiger partial charge on any atom is 0.122 e. The topological polar surface area (TPSA) is 12.5 Å². The Bertz CT molecular complexity index is 389. The molecular formula is C16H25NO. The number of rotatable bonds is 4. The second-order valence-corrected chi connectivity index (χ2v) is 5.50. The molecule has 100 valence electrons. The van der Waals surface area contributed by atoms with Crippen molar-refractivity contribution in [2.45, 2.75) is 46.1 Å². The summed E-state index contributed by atoms with van der Waals surface area (Å²) >= 11 is 0. The number of likely N-dealkylation sites (tertiary alicyclic amines) is 1. The van der Waals surface area contributed by atoms with Gasteiger partial charge in [-0.2, -0.15) is 0 Å². The molecule has 1 aliphatic heterocycles. The highest BCUT2D eigenvalue weighted by Crippen LogP contribution is 2.20. The summed E-state index contributed by atoms with van der Waals surface area (Å²) in [5.41, 5.74) is 2.49. The molecule has 2 nitrogen and oxygen atoms in total. The van der Waals surface area contributed by atoms with E-state index < -0.39 is 0 Å². The molecule has 0 spiro atoms. The van der Waals surface area contributed by atoms with Crippen molar-refractivity contribution in [1.82, 2.24) is 4.90 Å². The first kappa shape index (κ1) is 13.4. The molecule has 1 aliphatic rings. The Hall–Kier alpha value is -1.02. The summed E-state index contributed by atoms with van der Waals surface area (Å²) < 4.78 is 5.93. The fraction of sp³-hybridized carbons (Fsp3) is 0.625. The first-order chi connectivity index (χ1) is 8.66. The molecule has 0 aromatic heterocycles. The van der Waals surface area contributed by atoms with Gasteiger partial charge < -0.3 is 4.74 Å². The van der Waals surface area contributed by atoms with Crippen LogP contribution in [0.4, 0.5) is 0 Å². The second-order valence-electron chi connectivity index (χ2n) is 5.50. The number of hydrogen-bond donors (Lipinski definition) is 0. The van der Waals surface area contributed by atoms with Crippen molar-refractivity contribution in [2.75, 3.05) is 19.7 Å². The fourth-order valence-corrected chi connectivity index (χ4v) is 2.63. The molecule has 18 heavy (non-hydrogen) atoms. The van der Waals surface area contributed by atoms with E-state index in [1.165, 1.54) is 36.9 Å². The summed E-state index contributed by atoms with van der Waals surface area (Å²) in [4.78, 5) is 2.55. The zero-order valence-corrected chi connectivity index (χ0v) is 11.9. The van der Waals surface area contributed by atoms with E-state index in [1.54, 1.807) is 0 Å². The summed E-state index contributed by atoms with van der Waals surface area (Å²) in [6, 6.07) is 7.12. The quantitative estimate of drug-likeness (QED) is 0.806. The number of hydrogen-bond acceptors (Lipinski definition) is 2. The van der Waals surface area contributed by atoms with Gasteiger partial charge >= 0.3 is 0 Å². The van der Waals surface area contributed by atoms with E-state index >= 15 is 0 Å². The van der Waals surface area contributed by atoms with E-state index in [0.29, 0.717) is 0 Å². The lowest BCUT2D eigenvalue weighted by atomic mass is 10.0. The second kappa shape index (κ2) is 6.24. The van der Waals surface area contributed by atoms with Crippen LogP contribution in [0.25, 0.3) is 0 Å². The highest BCUT2D eigenvalue weighted by Gasteiger charge is 2.17. The lowest BCUT2D eigenvalue weighted by Gasteiger charge is -2.33. The smallest absolute Gasteiger partial charge is 0.122 e. The fourth-order valence-electron chi connectivity index (χ4n) is 2.63. The summed E-state index contributed by atoms with van der Waals surface area (Å²) in [5, 5.41) is 0. The Labute approximate surface area is 111 Å². The molecule has 1 fully saturated rings. The highest BCUT2D eigenvalue weighted by atomic mass is 16.5. The van der Waals surface area contributed by atoms with Crippen molar-refractivity contribution < 1.29 is 4.74 Å². The van der Waals surface area contributed by atoms with Crippen LogP contribution in [-0.2, 0) is 0 Å². The summed E-state index contributed by atoms with van der Waals surface area (Å²) in [6.07, 6.45) is 4.06. The summed E-state index contributed by atoms with van der Waals surface area (Å²) in [7, 11) is 0. The predicted octanol–water partition coefficient (Wildman–Crippen LogP) is 3.56. The van der Waals surface area contributed by atoms with Crippen LogP contribution >= 0.6 is 0 Å². The molecule has 2 rings (SSSR count). The van der Waals surface area contributed by atoms with Gasteiger partial charge in [0, 0.05) is 12.6 Å². The van der Waals surface area contributed by atoms with Gasteiger partial charge in [-0.3, -0.25) is 4.90 Å². The standard InChI is InChI=1S/C16H25NO/c1-13-7-8-14(2)16(12-13)18-11-10-17-9-5-4-6-15(17)3/h7-8,12,15H,4-6,9-11H2,1-3H3. The zero-order chi connectivity index (χ0) is 13.0. The Morgan fingerprint density at radius 3 is 2.89 bits per heavy atom. The lowest BCUT2D eigenvalue weighted by molar-refractivity contribution is 0.133. The molecule has 0 saturated carbocycles. The summed E-state index contributed by atoms with van der Waals surface area (Å²) in [5.74, 6) is 1.04. The zero-order valence-electron chi connectivity index (χ0n) is 11.9. The van der Waals surface area contributed by atoms with Crippen LogP contribution < -0.4 is 4.74 Å². The molecule has 1 heterocycles. The van der Waals surface area contributed by atoms with Crippen molar-refractivity contribution in [3.8, 4) is 5.75 Å². The van der Waals surface area contributed by atoms with Gasteiger partial charge in [-0.15, -0.1) is 0 Å². The normalized spacial score (nSPS) is 20.9. The Morgan fingerprint density at radius 2 is 2.11 bits per heavy atom. The SMILES string of the molecule is Cc1ccc(C)c(OCCN2CCCCC2C)c1. The molecular weight excluding hydrogens is 222 g/mol. The largest absolute Gasteiger partial charge is 0.492 e. The first-order valence-electron chi connectivity index (χ1n) is 7.11. The minimum Gasteiger partial charge on any atom is -0.492 e. The Morgan fingerprint density at radius 1 is 1.28 bits per heavy atom. The van der Waals surface area contributed by atoms with Crippen molar-refractivity contribution in [1.29, 1.82) is 0 Å². The van der Waals surface area contributed by atoms with Crippen LogP contribution in [0.1, 0.15) is 37.3 Å². The number of benzene rings is 1. The van der Waals surface area contributed by atoms with Crippen molar-refractivity contribution in [2.24, 2.45) is 0 Å². The molecule has 1 saturated heterocycles. The molecule has 0 N–H and O–H groups in total. The molecule has 0 aliphatic carbocycles. The lowest BCUT2D eigenvalue weighted by Crippen LogP contribution is -2.39. The van der Waals surface area contributed by atoms with E-state index in [2.05, 4.69) is 43.9 Å². The van der Waals surface area contributed by atoms with E-state index in [1.807, 2.05) is 0 Å². The molecule has 1 unspecified atom stereocenters. The summed E-state index contributed by atoms with van der Waals surface area (Å²) in [6.45, 7) is 9.63. The monoisotopic (exact) mass is 247 g/mol. The molecule has 0 radical (unpaired) electrons. The average Bonchev–Trinajstić information content (AvgIpc) is 2.36. The third-order valence-corrected chi connectivity index (χ3v) is 3.92. The van der Waals surface area contributed by atoms with E-state index in [9.17, 15) is 0 Å². The van der Waals surface area contributed by atoms with Crippen LogP contribution in [0.2, 0.25) is 0 Å². The maximum atomic E-state index is 5.93. The molecule has 0 amide bonds. The van der Waals surface area contributed by atoms with Crippen LogP contribution in [0.3, 0.4) is 0 Å². The maximum absolute atomic E-state index is 5.93. The number of ether oxygens (including phenoxy) is 1. The highest BCUT2D eigenvalue weighted by molar-refractivity contribution is 5.35. The van der Waals surface area contributed by atoms with Gasteiger partial charge in [-0.1, -0.05) is 18.6 Å². The van der Waals surface area contributed by atoms with Crippen LogP contribution in [0.5, 0.6) is 5.75 Å². The van der Waals surface area contributed by atoms with Crippen molar-refractivity contribution in [3.63, 3.8) is 0 Å². The van der Waals surface area contributed by atoms with Crippen LogP contribution in [-0.4, -0.2) is 30.6 Å². The predicted molar refractivity (Wildman–Crippen MR) is 76.3 cm³/mol. The van der Waals surface area contributed by atoms with Gasteiger partial charge in [0.2, 0.25) is 0 Å². The van der Waals surface area contributed by atoms with Gasteiger partial charge in [-0.05, 0) is 57.4 Å². The van der Waals surface area contributed by atoms with Gasteiger partial charge in [0.25, 0.3) is 0 Å². The van der Waals surface area contributed by atoms with Crippen LogP contribution in [0, 0.1) is 13.8 Å². The van der Waals surface area contributed by atoms with E-state index in [-0.39, 0.29) is 0 Å². The third-order valence-electron chi connectivity index (χ3n) is 3.92. The van der Waals surface area contributed by atoms with Crippen molar-refractivity contribution in [3.05, 3.63) is 29.3 Å². The molecule has 2 heteroatoms. The molecule has 1 atom stereocenters. The molecule has 1 aromatic rings. The van der Waals surface area contributed by atoms with E-state index in [4.69, 9.17) is 4.74 Å². The molecule has 0 bridgehead atoms. The number of piperidine rings is 1. The Kier molecular flexibility index (Phi) is 4.65. The number of nitrogens with zero attached hydrogens (tertiary/aromatic N) is 1. The van der Waals surface area contributed by atoms with Crippen LogP contribution in [0.15, 0.2) is 18.2 Å². The van der Waals surface area contributed by atoms with Gasteiger partial charge in [0.15, 0.2) is 0 Å². The first-order valence-corrected chi connectivity index (χ1v) is 7.11.